The molecule has 1 aliphatic rings. The van der Waals surface area contributed by atoms with Crippen LogP contribution in [0.25, 0.3) is 0 Å². The Bertz CT molecular complexity index is 426. The molecule has 1 aliphatic heterocycles. The smallest absolute Gasteiger partial charge is 0.228 e. The zero-order chi connectivity index (χ0) is 20.5. The van der Waals surface area contributed by atoms with E-state index < -0.39 is 10.8 Å². The second-order valence-electron chi connectivity index (χ2n) is 8.92. The highest BCUT2D eigenvalue weighted by atomic mass is 16.5. The van der Waals surface area contributed by atoms with E-state index in [2.05, 4.69) is 0 Å². The molecule has 1 rings (SSSR count). The van der Waals surface area contributed by atoms with Crippen LogP contribution < -0.4 is 0 Å². The Morgan fingerprint density at radius 1 is 0.556 bits per heavy atom. The summed E-state index contributed by atoms with van der Waals surface area (Å²) in [5.41, 5.74) is -0.885. The average Bonchev–Trinajstić information content (AvgIpc) is 2.57. The maximum absolute atomic E-state index is 12.6. The number of carbonyl (C=O) groups excluding carboxylic acids is 2. The van der Waals surface area contributed by atoms with Crippen LogP contribution in [0.2, 0.25) is 0 Å². The van der Waals surface area contributed by atoms with E-state index in [1.165, 1.54) is 0 Å². The third-order valence-corrected chi connectivity index (χ3v) is 4.25. The largest absolute Gasteiger partial charge is 0.378 e. The van der Waals surface area contributed by atoms with Crippen LogP contribution in [-0.2, 0) is 23.8 Å². The summed E-state index contributed by atoms with van der Waals surface area (Å²) < 4.78 is 16.9. The summed E-state index contributed by atoms with van der Waals surface area (Å²) >= 11 is 0. The summed E-state index contributed by atoms with van der Waals surface area (Å²) in [5.74, 6) is 0.166. The lowest BCUT2D eigenvalue weighted by atomic mass is 9.95. The lowest BCUT2D eigenvalue weighted by Gasteiger charge is -2.30. The molecule has 0 aromatic carbocycles. The molecule has 1 saturated heterocycles. The molecule has 1 fully saturated rings. The maximum atomic E-state index is 12.6. The Hall–Kier alpha value is -1.18. The van der Waals surface area contributed by atoms with Crippen LogP contribution >= 0.6 is 0 Å². The van der Waals surface area contributed by atoms with Crippen molar-refractivity contribution in [3.05, 3.63) is 0 Å². The summed E-state index contributed by atoms with van der Waals surface area (Å²) in [4.78, 5) is 28.8. The van der Waals surface area contributed by atoms with Crippen LogP contribution in [0, 0.1) is 10.8 Å². The molecule has 0 N–H and O–H groups in total. The topological polar surface area (TPSA) is 68.3 Å². The van der Waals surface area contributed by atoms with E-state index in [0.717, 1.165) is 0 Å². The minimum absolute atomic E-state index is 0.0832. The van der Waals surface area contributed by atoms with Crippen LogP contribution in [0.15, 0.2) is 0 Å². The monoisotopic (exact) mass is 386 g/mol. The Kier molecular flexibility index (Phi) is 9.70. The second-order valence-corrected chi connectivity index (χ2v) is 8.92. The van der Waals surface area contributed by atoms with E-state index >= 15 is 0 Å². The van der Waals surface area contributed by atoms with Crippen LogP contribution in [0.4, 0.5) is 0 Å². The highest BCUT2D eigenvalue weighted by Gasteiger charge is 2.28. The Labute approximate surface area is 164 Å². The molecule has 7 nitrogen and oxygen atoms in total. The molecule has 2 amide bonds. The van der Waals surface area contributed by atoms with Gasteiger partial charge in [0.05, 0.1) is 39.6 Å². The van der Waals surface area contributed by atoms with Crippen molar-refractivity contribution in [2.75, 3.05) is 65.8 Å². The van der Waals surface area contributed by atoms with E-state index in [0.29, 0.717) is 65.8 Å². The maximum Gasteiger partial charge on any atom is 0.228 e. The number of hydrogen-bond donors (Lipinski definition) is 0. The van der Waals surface area contributed by atoms with Crippen molar-refractivity contribution in [1.82, 2.24) is 9.80 Å². The fourth-order valence-electron chi connectivity index (χ4n) is 2.70. The standard InChI is InChI=1S/C20H38N2O5/c1-19(2,3)17(23)21-7-11-25-12-8-22(18(24)20(4,5)6)10-14-27-16-15-26-13-9-21/h7-16H2,1-6H3. The van der Waals surface area contributed by atoms with Gasteiger partial charge in [-0.05, 0) is 0 Å². The van der Waals surface area contributed by atoms with Gasteiger partial charge in [0, 0.05) is 37.0 Å². The van der Waals surface area contributed by atoms with Gasteiger partial charge in [-0.3, -0.25) is 9.59 Å². The van der Waals surface area contributed by atoms with Gasteiger partial charge in [0.25, 0.3) is 0 Å². The van der Waals surface area contributed by atoms with Crippen molar-refractivity contribution in [1.29, 1.82) is 0 Å². The summed E-state index contributed by atoms with van der Waals surface area (Å²) in [5, 5.41) is 0. The molecule has 0 spiro atoms. The van der Waals surface area contributed by atoms with Crippen molar-refractivity contribution < 1.29 is 23.8 Å². The summed E-state index contributed by atoms with van der Waals surface area (Å²) in [7, 11) is 0. The number of amides is 2. The van der Waals surface area contributed by atoms with Gasteiger partial charge in [0.1, 0.15) is 0 Å². The molecule has 0 saturated carbocycles. The lowest BCUT2D eigenvalue weighted by molar-refractivity contribution is -0.141. The summed E-state index contributed by atoms with van der Waals surface area (Å²) in [6.45, 7) is 16.4. The van der Waals surface area contributed by atoms with Gasteiger partial charge < -0.3 is 24.0 Å². The second kappa shape index (κ2) is 11.0. The first-order chi connectivity index (χ1) is 12.5. The van der Waals surface area contributed by atoms with Gasteiger partial charge in [-0.15, -0.1) is 0 Å². The van der Waals surface area contributed by atoms with Gasteiger partial charge in [0.15, 0.2) is 0 Å². The molecular formula is C20H38N2O5. The zero-order valence-electron chi connectivity index (χ0n) is 18.0. The van der Waals surface area contributed by atoms with E-state index in [1.807, 2.05) is 41.5 Å². The Balaban J connectivity index is 2.68. The molecule has 7 heteroatoms. The summed E-state index contributed by atoms with van der Waals surface area (Å²) in [6.07, 6.45) is 0. The molecule has 158 valence electrons. The van der Waals surface area contributed by atoms with Crippen LogP contribution in [0.5, 0.6) is 0 Å². The first-order valence-electron chi connectivity index (χ1n) is 9.85. The molecular weight excluding hydrogens is 348 g/mol. The molecule has 0 aromatic rings. The van der Waals surface area contributed by atoms with Gasteiger partial charge in [-0.2, -0.15) is 0 Å². The van der Waals surface area contributed by atoms with Gasteiger partial charge in [0.2, 0.25) is 11.8 Å². The molecule has 0 radical (unpaired) electrons. The number of ether oxygens (including phenoxy) is 3. The normalized spacial score (nSPS) is 19.9. The van der Waals surface area contributed by atoms with Gasteiger partial charge in [-0.25, -0.2) is 0 Å². The Morgan fingerprint density at radius 2 is 0.815 bits per heavy atom. The highest BCUT2D eigenvalue weighted by molar-refractivity contribution is 5.82. The predicted octanol–water partition coefficient (Wildman–Crippen LogP) is 1.80. The fraction of sp³-hybridized carbons (Fsp3) is 0.900. The lowest BCUT2D eigenvalue weighted by Crippen LogP contribution is -2.44. The minimum atomic E-state index is -0.443. The third-order valence-electron chi connectivity index (χ3n) is 4.25. The Morgan fingerprint density at radius 3 is 1.07 bits per heavy atom. The third kappa shape index (κ3) is 9.04. The average molecular weight is 387 g/mol. The van der Waals surface area contributed by atoms with Crippen molar-refractivity contribution in [2.24, 2.45) is 10.8 Å². The number of carbonyl (C=O) groups is 2. The molecule has 1 heterocycles. The predicted molar refractivity (Wildman–Crippen MR) is 105 cm³/mol. The summed E-state index contributed by atoms with van der Waals surface area (Å²) in [6, 6.07) is 0. The van der Waals surface area contributed by atoms with E-state index in [-0.39, 0.29) is 11.8 Å². The number of rotatable bonds is 0. The van der Waals surface area contributed by atoms with Crippen molar-refractivity contribution in [3.8, 4) is 0 Å². The number of nitrogens with zero attached hydrogens (tertiary/aromatic N) is 2. The van der Waals surface area contributed by atoms with Crippen molar-refractivity contribution in [3.63, 3.8) is 0 Å². The van der Waals surface area contributed by atoms with Gasteiger partial charge >= 0.3 is 0 Å². The first kappa shape index (κ1) is 23.9. The SMILES string of the molecule is CC(C)(C)C(=O)N1CCOCCOCCN(C(=O)C(C)(C)C)CCOCC1. The van der Waals surface area contributed by atoms with Crippen molar-refractivity contribution >= 4 is 11.8 Å². The number of hydrogen-bond acceptors (Lipinski definition) is 5. The van der Waals surface area contributed by atoms with Crippen molar-refractivity contribution in [2.45, 2.75) is 41.5 Å². The quantitative estimate of drug-likeness (QED) is 0.635. The van der Waals surface area contributed by atoms with Crippen LogP contribution in [0.3, 0.4) is 0 Å². The first-order valence-corrected chi connectivity index (χ1v) is 9.85. The molecule has 0 aliphatic carbocycles. The zero-order valence-corrected chi connectivity index (χ0v) is 18.0. The van der Waals surface area contributed by atoms with E-state index in [4.69, 9.17) is 14.2 Å². The van der Waals surface area contributed by atoms with E-state index in [9.17, 15) is 9.59 Å². The molecule has 0 atom stereocenters. The van der Waals surface area contributed by atoms with E-state index in [1.54, 1.807) is 9.80 Å². The molecule has 0 aromatic heterocycles. The fourth-order valence-corrected chi connectivity index (χ4v) is 2.70. The van der Waals surface area contributed by atoms with Crippen LogP contribution in [0.1, 0.15) is 41.5 Å². The van der Waals surface area contributed by atoms with Crippen LogP contribution in [-0.4, -0.2) is 87.4 Å². The minimum Gasteiger partial charge on any atom is -0.378 e. The molecule has 27 heavy (non-hydrogen) atoms. The molecule has 0 bridgehead atoms. The highest BCUT2D eigenvalue weighted by Crippen LogP contribution is 2.18. The molecule has 0 unspecified atom stereocenters. The van der Waals surface area contributed by atoms with Gasteiger partial charge in [-0.1, -0.05) is 41.5 Å².